The number of nitrogens with zero attached hydrogens (tertiary/aromatic N) is 1. The van der Waals surface area contributed by atoms with Gasteiger partial charge in [0.15, 0.2) is 4.77 Å². The van der Waals surface area contributed by atoms with Gasteiger partial charge < -0.3 is 4.98 Å². The van der Waals surface area contributed by atoms with Crippen LogP contribution in [0.1, 0.15) is 0 Å². The van der Waals surface area contributed by atoms with E-state index in [1.165, 1.54) is 6.07 Å². The van der Waals surface area contributed by atoms with Crippen LogP contribution in [0.4, 0.5) is 0 Å². The van der Waals surface area contributed by atoms with Gasteiger partial charge in [-0.1, -0.05) is 0 Å². The average Bonchev–Trinajstić information content (AvgIpc) is 2.18. The highest BCUT2D eigenvalue weighted by Gasteiger charge is 1.97. The third-order valence-corrected chi connectivity index (χ3v) is 1.96. The molecule has 0 radical (unpaired) electrons. The Balaban J connectivity index is 2.64. The van der Waals surface area contributed by atoms with E-state index in [0.29, 0.717) is 10.5 Å². The predicted octanol–water partition coefficient (Wildman–Crippen LogP) is 1.49. The van der Waals surface area contributed by atoms with Crippen molar-refractivity contribution in [3.05, 3.63) is 45.7 Å². The van der Waals surface area contributed by atoms with Gasteiger partial charge in [0, 0.05) is 24.0 Å². The molecule has 2 aromatic rings. The van der Waals surface area contributed by atoms with Crippen LogP contribution < -0.4 is 5.56 Å². The van der Waals surface area contributed by atoms with Gasteiger partial charge in [0.2, 0.25) is 0 Å². The Morgan fingerprint density at radius 2 is 1.93 bits per heavy atom. The van der Waals surface area contributed by atoms with Crippen molar-refractivity contribution in [2.45, 2.75) is 0 Å². The molecule has 0 saturated carbocycles. The first-order valence-corrected chi connectivity index (χ1v) is 4.40. The van der Waals surface area contributed by atoms with E-state index in [1.807, 2.05) is 0 Å². The van der Waals surface area contributed by atoms with Crippen molar-refractivity contribution in [1.29, 1.82) is 0 Å². The van der Waals surface area contributed by atoms with Crippen molar-refractivity contribution in [3.63, 3.8) is 0 Å². The quantitative estimate of drug-likeness (QED) is 0.693. The summed E-state index contributed by atoms with van der Waals surface area (Å²) in [6.45, 7) is 0. The standard InChI is InChI=1S/C9H7N3OS/c13-8-5-7(11-9(14)12-8)6-1-3-10-4-2-6/h1-5H,(H2,11,12,13,14). The first-order chi connectivity index (χ1) is 6.75. The lowest BCUT2D eigenvalue weighted by molar-refractivity contribution is 1.09. The highest BCUT2D eigenvalue weighted by molar-refractivity contribution is 7.71. The third-order valence-electron chi connectivity index (χ3n) is 1.75. The second kappa shape index (κ2) is 3.55. The molecule has 0 bridgehead atoms. The molecule has 0 amide bonds. The fraction of sp³-hybridized carbons (Fsp3) is 0. The van der Waals surface area contributed by atoms with Crippen LogP contribution in [0, 0.1) is 4.77 Å². The molecule has 0 aliphatic carbocycles. The van der Waals surface area contributed by atoms with E-state index in [2.05, 4.69) is 15.0 Å². The number of hydrogen-bond donors (Lipinski definition) is 2. The maximum Gasteiger partial charge on any atom is 0.252 e. The van der Waals surface area contributed by atoms with Crippen LogP contribution in [0.25, 0.3) is 11.3 Å². The van der Waals surface area contributed by atoms with Crippen LogP contribution in [0.15, 0.2) is 35.4 Å². The number of hydrogen-bond acceptors (Lipinski definition) is 3. The molecule has 5 heteroatoms. The average molecular weight is 205 g/mol. The van der Waals surface area contributed by atoms with Gasteiger partial charge in [-0.05, 0) is 24.4 Å². The molecule has 0 spiro atoms. The molecule has 0 aromatic carbocycles. The van der Waals surface area contributed by atoms with Crippen LogP contribution in [0.2, 0.25) is 0 Å². The molecule has 2 N–H and O–H groups in total. The monoisotopic (exact) mass is 205 g/mol. The summed E-state index contributed by atoms with van der Waals surface area (Å²) in [4.78, 5) is 20.4. The zero-order chi connectivity index (χ0) is 9.97. The van der Waals surface area contributed by atoms with Crippen molar-refractivity contribution >= 4 is 12.2 Å². The van der Waals surface area contributed by atoms with Crippen molar-refractivity contribution in [1.82, 2.24) is 15.0 Å². The Bertz CT molecular complexity index is 515. The third kappa shape index (κ3) is 1.77. The summed E-state index contributed by atoms with van der Waals surface area (Å²) in [6, 6.07) is 5.07. The maximum atomic E-state index is 11.1. The first kappa shape index (κ1) is 8.83. The highest BCUT2D eigenvalue weighted by Crippen LogP contribution is 2.11. The van der Waals surface area contributed by atoms with Crippen molar-refractivity contribution in [2.75, 3.05) is 0 Å². The van der Waals surface area contributed by atoms with Crippen LogP contribution in [0.3, 0.4) is 0 Å². The van der Waals surface area contributed by atoms with E-state index in [4.69, 9.17) is 12.2 Å². The number of pyridine rings is 1. The van der Waals surface area contributed by atoms with E-state index >= 15 is 0 Å². The first-order valence-electron chi connectivity index (χ1n) is 4.00. The van der Waals surface area contributed by atoms with Crippen LogP contribution >= 0.6 is 12.2 Å². The minimum Gasteiger partial charge on any atom is -0.332 e. The van der Waals surface area contributed by atoms with E-state index in [0.717, 1.165) is 5.56 Å². The van der Waals surface area contributed by atoms with Gasteiger partial charge in [0.05, 0.1) is 5.69 Å². The minimum atomic E-state index is -0.208. The van der Waals surface area contributed by atoms with Gasteiger partial charge in [-0.3, -0.25) is 14.8 Å². The predicted molar refractivity (Wildman–Crippen MR) is 55.5 cm³/mol. The van der Waals surface area contributed by atoms with Crippen LogP contribution in [-0.4, -0.2) is 15.0 Å². The summed E-state index contributed by atoms with van der Waals surface area (Å²) in [5.41, 5.74) is 1.37. The smallest absolute Gasteiger partial charge is 0.252 e. The number of aromatic amines is 2. The molecular weight excluding hydrogens is 198 g/mol. The van der Waals surface area contributed by atoms with E-state index in [-0.39, 0.29) is 5.56 Å². The number of rotatable bonds is 1. The van der Waals surface area contributed by atoms with E-state index in [1.54, 1.807) is 24.5 Å². The topological polar surface area (TPSA) is 61.5 Å². The van der Waals surface area contributed by atoms with Crippen LogP contribution in [-0.2, 0) is 0 Å². The lowest BCUT2D eigenvalue weighted by Gasteiger charge is -1.99. The molecule has 0 atom stereocenters. The SMILES string of the molecule is O=c1cc(-c2ccncc2)[nH]c(=S)[nH]1. The molecule has 4 nitrogen and oxygen atoms in total. The zero-order valence-corrected chi connectivity index (χ0v) is 7.97. The molecular formula is C9H7N3OS. The Morgan fingerprint density at radius 1 is 1.21 bits per heavy atom. The fourth-order valence-electron chi connectivity index (χ4n) is 1.16. The summed E-state index contributed by atoms with van der Waals surface area (Å²) < 4.78 is 0.323. The van der Waals surface area contributed by atoms with Gasteiger partial charge >= 0.3 is 0 Å². The minimum absolute atomic E-state index is 0.208. The Labute approximate surface area is 84.7 Å². The fourth-order valence-corrected chi connectivity index (χ4v) is 1.37. The Kier molecular flexibility index (Phi) is 2.24. The van der Waals surface area contributed by atoms with Gasteiger partial charge in [-0.15, -0.1) is 0 Å². The molecule has 2 aromatic heterocycles. The lowest BCUT2D eigenvalue weighted by Crippen LogP contribution is -2.06. The van der Waals surface area contributed by atoms with Gasteiger partial charge in [0.1, 0.15) is 0 Å². The normalized spacial score (nSPS) is 10.0. The van der Waals surface area contributed by atoms with E-state index in [9.17, 15) is 4.79 Å². The summed E-state index contributed by atoms with van der Waals surface area (Å²) in [7, 11) is 0. The summed E-state index contributed by atoms with van der Waals surface area (Å²) in [6.07, 6.45) is 3.32. The molecule has 0 unspecified atom stereocenters. The summed E-state index contributed by atoms with van der Waals surface area (Å²) in [5, 5.41) is 0. The number of H-pyrrole nitrogens is 2. The van der Waals surface area contributed by atoms with Crippen LogP contribution in [0.5, 0.6) is 0 Å². The molecule has 0 fully saturated rings. The largest absolute Gasteiger partial charge is 0.332 e. The molecule has 2 rings (SSSR count). The Hall–Kier alpha value is -1.75. The molecule has 2 heterocycles. The molecule has 14 heavy (non-hydrogen) atoms. The maximum absolute atomic E-state index is 11.1. The lowest BCUT2D eigenvalue weighted by atomic mass is 10.2. The van der Waals surface area contributed by atoms with E-state index < -0.39 is 0 Å². The summed E-state index contributed by atoms with van der Waals surface area (Å²) >= 11 is 4.86. The summed E-state index contributed by atoms with van der Waals surface area (Å²) in [5.74, 6) is 0. The molecule has 0 aliphatic heterocycles. The van der Waals surface area contributed by atoms with Gasteiger partial charge in [-0.2, -0.15) is 0 Å². The zero-order valence-electron chi connectivity index (χ0n) is 7.15. The van der Waals surface area contributed by atoms with Crippen molar-refractivity contribution < 1.29 is 0 Å². The molecule has 0 saturated heterocycles. The molecule has 70 valence electrons. The highest BCUT2D eigenvalue weighted by atomic mass is 32.1. The van der Waals surface area contributed by atoms with Crippen molar-refractivity contribution in [2.24, 2.45) is 0 Å². The van der Waals surface area contributed by atoms with Gasteiger partial charge in [-0.25, -0.2) is 0 Å². The molecule has 0 aliphatic rings. The Morgan fingerprint density at radius 3 is 2.57 bits per heavy atom. The second-order valence-electron chi connectivity index (χ2n) is 2.74. The number of nitrogens with one attached hydrogen (secondary N) is 2. The van der Waals surface area contributed by atoms with Crippen molar-refractivity contribution in [3.8, 4) is 11.3 Å². The van der Waals surface area contributed by atoms with Gasteiger partial charge in [0.25, 0.3) is 5.56 Å². The second-order valence-corrected chi connectivity index (χ2v) is 3.15. The number of aromatic nitrogens is 3.